The monoisotopic (exact) mass is 264 g/mol. The predicted octanol–water partition coefficient (Wildman–Crippen LogP) is 2.42. The average molecular weight is 264 g/mol. The second-order valence-corrected chi connectivity index (χ2v) is 4.10. The van der Waals surface area contributed by atoms with Crippen molar-refractivity contribution in [3.63, 3.8) is 0 Å². The van der Waals surface area contributed by atoms with E-state index in [9.17, 15) is 9.59 Å². The van der Waals surface area contributed by atoms with Gasteiger partial charge in [-0.1, -0.05) is 25.5 Å². The Balaban J connectivity index is 2.46. The minimum absolute atomic E-state index is 0.258. The minimum Gasteiger partial charge on any atom is -0.449 e. The number of hydrogen-bond donors (Lipinski definition) is 2. The van der Waals surface area contributed by atoms with Gasteiger partial charge in [0.15, 0.2) is 0 Å². The molecule has 0 radical (unpaired) electrons. The third kappa shape index (κ3) is 5.42. The Morgan fingerprint density at radius 2 is 1.79 bits per heavy atom. The summed E-state index contributed by atoms with van der Waals surface area (Å²) in [5, 5.41) is 0. The maximum absolute atomic E-state index is 11.7. The van der Waals surface area contributed by atoms with Crippen molar-refractivity contribution in [1.29, 1.82) is 0 Å². The molecular weight excluding hydrogens is 244 g/mol. The molecule has 0 bridgehead atoms. The van der Waals surface area contributed by atoms with E-state index >= 15 is 0 Å². The van der Waals surface area contributed by atoms with Gasteiger partial charge in [-0.15, -0.1) is 0 Å². The summed E-state index contributed by atoms with van der Waals surface area (Å²) < 4.78 is 4.63. The van der Waals surface area contributed by atoms with Crippen molar-refractivity contribution in [2.45, 2.75) is 33.1 Å². The summed E-state index contributed by atoms with van der Waals surface area (Å²) in [5.74, 6) is -0.366. The number of hydrogen-bond acceptors (Lipinski definition) is 3. The first kappa shape index (κ1) is 15.0. The maximum atomic E-state index is 11.7. The molecule has 1 aromatic carbocycles. The lowest BCUT2D eigenvalue weighted by Crippen LogP contribution is -2.41. The molecule has 0 aliphatic rings. The van der Waals surface area contributed by atoms with Gasteiger partial charge >= 0.3 is 6.09 Å². The first-order valence-electron chi connectivity index (χ1n) is 6.49. The molecule has 0 heterocycles. The number of rotatable bonds is 5. The maximum Gasteiger partial charge on any atom is 0.426 e. The van der Waals surface area contributed by atoms with Crippen LogP contribution < -0.4 is 10.9 Å². The molecule has 0 unspecified atom stereocenters. The third-order valence-electron chi connectivity index (χ3n) is 2.59. The molecule has 0 atom stereocenters. The summed E-state index contributed by atoms with van der Waals surface area (Å²) in [6.45, 7) is 4.09. The molecule has 19 heavy (non-hydrogen) atoms. The van der Waals surface area contributed by atoms with Crippen LogP contribution in [0.4, 0.5) is 4.79 Å². The zero-order chi connectivity index (χ0) is 14.1. The highest BCUT2D eigenvalue weighted by Gasteiger charge is 2.07. The summed E-state index contributed by atoms with van der Waals surface area (Å²) in [7, 11) is 0. The Kier molecular flexibility index (Phi) is 6.43. The lowest BCUT2D eigenvalue weighted by atomic mass is 10.1. The molecule has 0 saturated carbocycles. The number of nitrogens with one attached hydrogen (secondary N) is 2. The van der Waals surface area contributed by atoms with Crippen molar-refractivity contribution >= 4 is 12.0 Å². The second-order valence-electron chi connectivity index (χ2n) is 4.10. The fourth-order valence-electron chi connectivity index (χ4n) is 1.55. The quantitative estimate of drug-likeness (QED) is 0.802. The van der Waals surface area contributed by atoms with Gasteiger partial charge in [-0.25, -0.2) is 10.2 Å². The van der Waals surface area contributed by atoms with E-state index in [1.165, 1.54) is 5.56 Å². The van der Waals surface area contributed by atoms with Crippen LogP contribution >= 0.6 is 0 Å². The number of carbonyl (C=O) groups is 2. The van der Waals surface area contributed by atoms with E-state index in [1.807, 2.05) is 12.1 Å². The first-order valence-corrected chi connectivity index (χ1v) is 6.49. The molecule has 0 fully saturated rings. The van der Waals surface area contributed by atoms with Crippen molar-refractivity contribution in [2.24, 2.45) is 0 Å². The molecule has 0 saturated heterocycles. The van der Waals surface area contributed by atoms with E-state index in [0.29, 0.717) is 5.56 Å². The van der Waals surface area contributed by atoms with E-state index < -0.39 is 6.09 Å². The van der Waals surface area contributed by atoms with Gasteiger partial charge in [0.25, 0.3) is 5.91 Å². The molecule has 2 amide bonds. The number of benzene rings is 1. The van der Waals surface area contributed by atoms with Crippen LogP contribution in [0.25, 0.3) is 0 Å². The molecule has 5 nitrogen and oxygen atoms in total. The van der Waals surface area contributed by atoms with Crippen LogP contribution in [-0.2, 0) is 11.2 Å². The third-order valence-corrected chi connectivity index (χ3v) is 2.59. The Hall–Kier alpha value is -2.04. The standard InChI is InChI=1S/C14H20N2O3/c1-3-5-6-11-7-9-12(10-8-11)13(17)15-16-14(18)19-4-2/h7-10H,3-6H2,1-2H3,(H,15,17)(H,16,18). The van der Waals surface area contributed by atoms with Crippen molar-refractivity contribution < 1.29 is 14.3 Å². The SMILES string of the molecule is CCCCc1ccc(C(=O)NNC(=O)OCC)cc1. The Morgan fingerprint density at radius 3 is 2.37 bits per heavy atom. The second kappa shape index (κ2) is 8.13. The Labute approximate surface area is 113 Å². The molecule has 104 valence electrons. The van der Waals surface area contributed by atoms with Gasteiger partial charge < -0.3 is 4.74 Å². The van der Waals surface area contributed by atoms with Crippen LogP contribution in [0.1, 0.15) is 42.6 Å². The normalized spacial score (nSPS) is 9.79. The van der Waals surface area contributed by atoms with E-state index in [1.54, 1.807) is 19.1 Å². The van der Waals surface area contributed by atoms with Crippen LogP contribution in [0.15, 0.2) is 24.3 Å². The summed E-state index contributed by atoms with van der Waals surface area (Å²) in [4.78, 5) is 22.7. The smallest absolute Gasteiger partial charge is 0.426 e. The van der Waals surface area contributed by atoms with Crippen LogP contribution in [0.3, 0.4) is 0 Å². The minimum atomic E-state index is -0.671. The van der Waals surface area contributed by atoms with Gasteiger partial charge in [0.05, 0.1) is 6.61 Å². The van der Waals surface area contributed by atoms with Crippen LogP contribution in [0.5, 0.6) is 0 Å². The van der Waals surface area contributed by atoms with Crippen LogP contribution in [-0.4, -0.2) is 18.6 Å². The molecule has 0 aliphatic heterocycles. The van der Waals surface area contributed by atoms with Gasteiger partial charge in [0.2, 0.25) is 0 Å². The summed E-state index contributed by atoms with van der Waals surface area (Å²) in [6.07, 6.45) is 2.62. The van der Waals surface area contributed by atoms with Gasteiger partial charge in [0, 0.05) is 5.56 Å². The highest BCUT2D eigenvalue weighted by molar-refractivity contribution is 5.94. The molecule has 0 aliphatic carbocycles. The number of ether oxygens (including phenoxy) is 1. The van der Waals surface area contributed by atoms with Crippen LogP contribution in [0, 0.1) is 0 Å². The summed E-state index contributed by atoms with van der Waals surface area (Å²) in [5.41, 5.74) is 6.16. The van der Waals surface area contributed by atoms with Crippen molar-refractivity contribution in [2.75, 3.05) is 6.61 Å². The largest absolute Gasteiger partial charge is 0.449 e. The molecule has 2 N–H and O–H groups in total. The molecule has 5 heteroatoms. The van der Waals surface area contributed by atoms with Crippen molar-refractivity contribution in [3.8, 4) is 0 Å². The summed E-state index contributed by atoms with van der Waals surface area (Å²) >= 11 is 0. The Bertz CT molecular complexity index is 415. The highest BCUT2D eigenvalue weighted by atomic mass is 16.5. The van der Waals surface area contributed by atoms with E-state index in [4.69, 9.17) is 0 Å². The fourth-order valence-corrected chi connectivity index (χ4v) is 1.55. The number of unbranched alkanes of at least 4 members (excludes halogenated alkanes) is 1. The Morgan fingerprint density at radius 1 is 1.11 bits per heavy atom. The van der Waals surface area contributed by atoms with Gasteiger partial charge in [-0.05, 0) is 37.5 Å². The van der Waals surface area contributed by atoms with E-state index in [2.05, 4.69) is 22.5 Å². The number of aryl methyl sites for hydroxylation is 1. The van der Waals surface area contributed by atoms with Crippen molar-refractivity contribution in [3.05, 3.63) is 35.4 Å². The molecule has 1 aromatic rings. The van der Waals surface area contributed by atoms with Crippen LogP contribution in [0.2, 0.25) is 0 Å². The zero-order valence-electron chi connectivity index (χ0n) is 11.4. The number of carbonyl (C=O) groups excluding carboxylic acids is 2. The summed E-state index contributed by atoms with van der Waals surface area (Å²) in [6, 6.07) is 7.34. The zero-order valence-corrected chi connectivity index (χ0v) is 11.4. The van der Waals surface area contributed by atoms with Gasteiger partial charge in [-0.3, -0.25) is 10.2 Å². The lowest BCUT2D eigenvalue weighted by molar-refractivity contribution is 0.0912. The first-order chi connectivity index (χ1) is 9.17. The average Bonchev–Trinajstić information content (AvgIpc) is 2.43. The lowest BCUT2D eigenvalue weighted by Gasteiger charge is -2.07. The molecule has 0 spiro atoms. The highest BCUT2D eigenvalue weighted by Crippen LogP contribution is 2.07. The predicted molar refractivity (Wildman–Crippen MR) is 72.7 cm³/mol. The van der Waals surface area contributed by atoms with E-state index in [0.717, 1.165) is 19.3 Å². The van der Waals surface area contributed by atoms with Gasteiger partial charge in [0.1, 0.15) is 0 Å². The number of amides is 2. The number of hydrazine groups is 1. The molecular formula is C14H20N2O3. The topological polar surface area (TPSA) is 67.4 Å². The fraction of sp³-hybridized carbons (Fsp3) is 0.429. The molecule has 0 aromatic heterocycles. The van der Waals surface area contributed by atoms with E-state index in [-0.39, 0.29) is 12.5 Å². The molecule has 1 rings (SSSR count). The van der Waals surface area contributed by atoms with Gasteiger partial charge in [-0.2, -0.15) is 0 Å². The van der Waals surface area contributed by atoms with Crippen molar-refractivity contribution in [1.82, 2.24) is 10.9 Å².